The number of aryl methyl sites for hydroxylation is 1. The zero-order valence-corrected chi connectivity index (χ0v) is 27.8. The molecule has 0 bridgehead atoms. The Kier molecular flexibility index (Phi) is 9.03. The second kappa shape index (κ2) is 12.4. The smallest absolute Gasteiger partial charge is 0.280 e. The molecule has 3 heterocycles. The molecule has 0 radical (unpaired) electrons. The predicted molar refractivity (Wildman–Crippen MR) is 173 cm³/mol. The number of nitrogens with zero attached hydrogens (tertiary/aromatic N) is 3. The zero-order valence-electron chi connectivity index (χ0n) is 24.6. The second-order valence-electron chi connectivity index (χ2n) is 11.9. The van der Waals surface area contributed by atoms with Gasteiger partial charge in [0, 0.05) is 17.4 Å². The van der Waals surface area contributed by atoms with E-state index in [2.05, 4.69) is 36.5 Å². The molecule has 0 unspecified atom stereocenters. The predicted octanol–water partition coefficient (Wildman–Crippen LogP) is 5.47. The van der Waals surface area contributed by atoms with Gasteiger partial charge in [-0.15, -0.1) is 22.7 Å². The van der Waals surface area contributed by atoms with Crippen molar-refractivity contribution >= 4 is 66.5 Å². The Morgan fingerprint density at radius 1 is 1.12 bits per heavy atom. The number of aromatic nitrogens is 2. The summed E-state index contributed by atoms with van der Waals surface area (Å²) in [4.78, 5) is 52.0. The first-order chi connectivity index (χ1) is 20.3. The number of carbonyl (C=O) groups excluding carboxylic acids is 3. The average Bonchev–Trinajstić information content (AvgIpc) is 3.68. The first kappa shape index (κ1) is 31.2. The van der Waals surface area contributed by atoms with E-state index in [-0.39, 0.29) is 29.9 Å². The molecule has 1 fully saturated rings. The molecule has 1 aliphatic heterocycles. The van der Waals surface area contributed by atoms with Crippen molar-refractivity contribution in [2.24, 2.45) is 5.41 Å². The van der Waals surface area contributed by atoms with Crippen molar-refractivity contribution in [2.45, 2.75) is 65.3 Å². The number of carbonyl (C=O) groups is 3. The van der Waals surface area contributed by atoms with Crippen molar-refractivity contribution in [3.05, 3.63) is 68.7 Å². The number of halogens is 1. The van der Waals surface area contributed by atoms with Crippen molar-refractivity contribution in [1.29, 1.82) is 0 Å². The van der Waals surface area contributed by atoms with Gasteiger partial charge >= 0.3 is 0 Å². The molecule has 4 aromatic rings. The van der Waals surface area contributed by atoms with Crippen molar-refractivity contribution in [1.82, 2.24) is 25.5 Å². The number of benzene rings is 2. The van der Waals surface area contributed by atoms with Gasteiger partial charge in [-0.05, 0) is 48.6 Å². The normalized spacial score (nSPS) is 18.4. The van der Waals surface area contributed by atoms with Crippen LogP contribution in [0.25, 0.3) is 20.7 Å². The number of aliphatic hydroxyl groups excluding tert-OH is 1. The number of fused-ring (bicyclic) bond motifs is 1. The van der Waals surface area contributed by atoms with Gasteiger partial charge in [0.1, 0.15) is 12.1 Å². The van der Waals surface area contributed by atoms with Gasteiger partial charge in [-0.3, -0.25) is 14.4 Å². The SMILES string of the molecule is Cc1ncsc1-c1ccc([C@H](C)NC(=O)[C@@H]2C[C@@H](O)CN2C(=O)[C@@H](NC(=O)c2nc3ccc(Br)cc3s2)C(C)(C)C)cc1. The van der Waals surface area contributed by atoms with Gasteiger partial charge < -0.3 is 20.6 Å². The molecule has 0 aliphatic carbocycles. The van der Waals surface area contributed by atoms with Gasteiger partial charge in [0.2, 0.25) is 11.8 Å². The number of hydrogen-bond donors (Lipinski definition) is 3. The highest BCUT2D eigenvalue weighted by molar-refractivity contribution is 9.10. The molecule has 5 rings (SSSR count). The van der Waals surface area contributed by atoms with E-state index in [4.69, 9.17) is 0 Å². The Balaban J connectivity index is 1.30. The fourth-order valence-electron chi connectivity index (χ4n) is 5.20. The summed E-state index contributed by atoms with van der Waals surface area (Å²) >= 11 is 6.26. The van der Waals surface area contributed by atoms with Crippen LogP contribution in [0.3, 0.4) is 0 Å². The minimum atomic E-state index is -0.945. The van der Waals surface area contributed by atoms with Gasteiger partial charge in [0.25, 0.3) is 5.91 Å². The minimum absolute atomic E-state index is 0.00577. The molecule has 43 heavy (non-hydrogen) atoms. The van der Waals surface area contributed by atoms with Gasteiger partial charge in [0.05, 0.1) is 38.4 Å². The summed E-state index contributed by atoms with van der Waals surface area (Å²) < 4.78 is 1.73. The number of nitrogens with one attached hydrogen (secondary N) is 2. The summed E-state index contributed by atoms with van der Waals surface area (Å²) in [5.74, 6) is -1.23. The van der Waals surface area contributed by atoms with E-state index in [1.807, 2.05) is 82.6 Å². The monoisotopic (exact) mass is 683 g/mol. The van der Waals surface area contributed by atoms with Crippen LogP contribution < -0.4 is 10.6 Å². The van der Waals surface area contributed by atoms with Crippen LogP contribution in [0.4, 0.5) is 0 Å². The highest BCUT2D eigenvalue weighted by atomic mass is 79.9. The zero-order chi connectivity index (χ0) is 31.1. The van der Waals surface area contributed by atoms with E-state index in [9.17, 15) is 19.5 Å². The van der Waals surface area contributed by atoms with Gasteiger partial charge in [-0.1, -0.05) is 61.0 Å². The van der Waals surface area contributed by atoms with E-state index in [1.165, 1.54) is 16.2 Å². The maximum absolute atomic E-state index is 14.0. The van der Waals surface area contributed by atoms with Gasteiger partial charge in [-0.25, -0.2) is 9.97 Å². The summed E-state index contributed by atoms with van der Waals surface area (Å²) in [6, 6.07) is 11.4. The summed E-state index contributed by atoms with van der Waals surface area (Å²) in [6.45, 7) is 9.43. The van der Waals surface area contributed by atoms with E-state index in [1.54, 1.807) is 11.3 Å². The topological polar surface area (TPSA) is 125 Å². The Morgan fingerprint density at radius 3 is 2.49 bits per heavy atom. The second-order valence-corrected chi connectivity index (χ2v) is 14.7. The van der Waals surface area contributed by atoms with E-state index in [0.717, 1.165) is 30.9 Å². The van der Waals surface area contributed by atoms with Gasteiger partial charge in [0.15, 0.2) is 5.01 Å². The molecular weight excluding hydrogens is 650 g/mol. The van der Waals surface area contributed by atoms with E-state index in [0.29, 0.717) is 5.52 Å². The Hall–Kier alpha value is -3.19. The standard InChI is InChI=1S/C31H34BrN5O4S2/c1-16(18-6-8-19(9-7-18)25-17(2)33-15-42-25)34-27(39)23-13-21(38)14-37(23)30(41)26(31(3,4)5)36-28(40)29-35-22-11-10-20(32)12-24(22)43-29/h6-12,15-16,21,23,26,38H,13-14H2,1-5H3,(H,34,39)(H,36,40)/t16-,21+,23-,26+/m0/s1. The van der Waals surface area contributed by atoms with Crippen molar-refractivity contribution in [3.8, 4) is 10.4 Å². The summed E-state index contributed by atoms with van der Waals surface area (Å²) in [7, 11) is 0. The first-order valence-electron chi connectivity index (χ1n) is 14.0. The fourth-order valence-corrected chi connectivity index (χ4v) is 7.44. The maximum atomic E-state index is 14.0. The van der Waals surface area contributed by atoms with Crippen LogP contribution in [0.1, 0.15) is 61.2 Å². The lowest BCUT2D eigenvalue weighted by atomic mass is 9.85. The molecule has 1 saturated heterocycles. The number of rotatable bonds is 7. The quantitative estimate of drug-likeness (QED) is 0.237. The molecule has 2 aromatic heterocycles. The largest absolute Gasteiger partial charge is 0.391 e. The maximum Gasteiger partial charge on any atom is 0.280 e. The molecule has 0 saturated carbocycles. The molecule has 0 spiro atoms. The Bertz CT molecular complexity index is 1660. The summed E-state index contributed by atoms with van der Waals surface area (Å²) in [6.07, 6.45) is -0.734. The molecule has 12 heteroatoms. The van der Waals surface area contributed by atoms with Crippen molar-refractivity contribution in [3.63, 3.8) is 0 Å². The molecule has 1 aliphatic rings. The molecule has 9 nitrogen and oxygen atoms in total. The molecular formula is C31H34BrN5O4S2. The Labute approximate surface area is 266 Å². The third-order valence-corrected chi connectivity index (χ3v) is 10.1. The highest BCUT2D eigenvalue weighted by Crippen LogP contribution is 2.30. The fraction of sp³-hybridized carbons (Fsp3) is 0.387. The first-order valence-corrected chi connectivity index (χ1v) is 16.5. The third kappa shape index (κ3) is 6.82. The van der Waals surface area contributed by atoms with Gasteiger partial charge in [-0.2, -0.15) is 0 Å². The lowest BCUT2D eigenvalue weighted by molar-refractivity contribution is -0.142. The van der Waals surface area contributed by atoms with E-state index < -0.39 is 35.4 Å². The average molecular weight is 685 g/mol. The Morgan fingerprint density at radius 2 is 1.84 bits per heavy atom. The number of likely N-dealkylation sites (tertiary alicyclic amines) is 1. The lowest BCUT2D eigenvalue weighted by Gasteiger charge is -2.35. The van der Waals surface area contributed by atoms with Crippen molar-refractivity contribution in [2.75, 3.05) is 6.54 Å². The van der Waals surface area contributed by atoms with Crippen LogP contribution in [-0.4, -0.2) is 62.4 Å². The van der Waals surface area contributed by atoms with Crippen molar-refractivity contribution < 1.29 is 19.5 Å². The highest BCUT2D eigenvalue weighted by Gasteiger charge is 2.45. The molecule has 3 N–H and O–H groups in total. The molecule has 226 valence electrons. The molecule has 2 aromatic carbocycles. The summed E-state index contributed by atoms with van der Waals surface area (Å²) in [5, 5.41) is 16.7. The number of aliphatic hydroxyl groups is 1. The summed E-state index contributed by atoms with van der Waals surface area (Å²) in [5.41, 5.74) is 4.79. The number of amides is 3. The molecule has 3 amide bonds. The minimum Gasteiger partial charge on any atom is -0.391 e. The van der Waals surface area contributed by atoms with Crippen LogP contribution in [0.15, 0.2) is 52.4 Å². The van der Waals surface area contributed by atoms with Crippen LogP contribution >= 0.6 is 38.6 Å². The number of hydrogen-bond acceptors (Lipinski definition) is 8. The van der Waals surface area contributed by atoms with Crippen LogP contribution in [-0.2, 0) is 9.59 Å². The number of thiazole rings is 2. The van der Waals surface area contributed by atoms with Crippen LogP contribution in [0.2, 0.25) is 0 Å². The number of β-amino-alcohol motifs (C(OH)–C–C–N with tert-alkyl or cyclic N) is 1. The lowest BCUT2D eigenvalue weighted by Crippen LogP contribution is -2.57. The van der Waals surface area contributed by atoms with Crippen LogP contribution in [0.5, 0.6) is 0 Å². The third-order valence-electron chi connectivity index (χ3n) is 7.58. The van der Waals surface area contributed by atoms with Crippen LogP contribution in [0, 0.1) is 12.3 Å². The molecule has 4 atom stereocenters. The van der Waals surface area contributed by atoms with E-state index >= 15 is 0 Å².